The minimum absolute atomic E-state index is 0.0741. The van der Waals surface area contributed by atoms with Crippen molar-refractivity contribution < 1.29 is 24.9 Å². The van der Waals surface area contributed by atoms with Crippen molar-refractivity contribution in [3.8, 4) is 11.5 Å². The van der Waals surface area contributed by atoms with Gasteiger partial charge >= 0.3 is 5.97 Å². The number of aliphatic carboxylic acids is 1. The molecule has 5 N–H and O–H groups in total. The molecule has 20 heavy (non-hydrogen) atoms. The van der Waals surface area contributed by atoms with E-state index in [1.807, 2.05) is 5.32 Å². The molecule has 0 atom stereocenters. The number of nitrogens with one attached hydrogen (secondary N) is 2. The number of fused-ring (bicyclic) bond motifs is 1. The Morgan fingerprint density at radius 1 is 1.25 bits per heavy atom. The highest BCUT2D eigenvalue weighted by atomic mass is 16.4. The Bertz CT molecular complexity index is 764. The van der Waals surface area contributed by atoms with E-state index in [2.05, 4.69) is 4.98 Å². The highest BCUT2D eigenvalue weighted by Gasteiger charge is 2.19. The van der Waals surface area contributed by atoms with Gasteiger partial charge in [-0.25, -0.2) is 0 Å². The molecule has 104 valence electrons. The molecule has 8 heteroatoms. The molecule has 0 radical (unpaired) electrons. The van der Waals surface area contributed by atoms with E-state index in [0.717, 1.165) is 0 Å². The first-order chi connectivity index (χ1) is 9.40. The number of rotatable bonds is 3. The van der Waals surface area contributed by atoms with Crippen LogP contribution in [0.4, 0.5) is 0 Å². The number of H-pyrrole nitrogens is 1. The third-order valence-electron chi connectivity index (χ3n) is 2.60. The van der Waals surface area contributed by atoms with Gasteiger partial charge in [-0.1, -0.05) is 0 Å². The summed E-state index contributed by atoms with van der Waals surface area (Å²) < 4.78 is 0. The van der Waals surface area contributed by atoms with Gasteiger partial charge in [0.25, 0.3) is 11.5 Å². The molecule has 0 fully saturated rings. The van der Waals surface area contributed by atoms with Gasteiger partial charge in [0.15, 0.2) is 0 Å². The zero-order valence-corrected chi connectivity index (χ0v) is 10.0. The second-order valence-corrected chi connectivity index (χ2v) is 3.98. The van der Waals surface area contributed by atoms with Crippen molar-refractivity contribution in [2.24, 2.45) is 0 Å². The highest BCUT2D eigenvalue weighted by Crippen LogP contribution is 2.27. The van der Waals surface area contributed by atoms with E-state index >= 15 is 0 Å². The Kier molecular flexibility index (Phi) is 3.30. The molecule has 1 aromatic carbocycles. The van der Waals surface area contributed by atoms with Crippen LogP contribution in [0.3, 0.4) is 0 Å². The number of aromatic hydroxyl groups is 2. The number of aromatic amines is 1. The van der Waals surface area contributed by atoms with Crippen LogP contribution in [0.1, 0.15) is 10.4 Å². The number of carbonyl (C=O) groups excluding carboxylic acids is 1. The van der Waals surface area contributed by atoms with Crippen LogP contribution in [0.5, 0.6) is 11.5 Å². The summed E-state index contributed by atoms with van der Waals surface area (Å²) in [6, 6.07) is 3.85. The number of hydrogen-bond acceptors (Lipinski definition) is 5. The second-order valence-electron chi connectivity index (χ2n) is 3.98. The predicted molar refractivity (Wildman–Crippen MR) is 67.9 cm³/mol. The summed E-state index contributed by atoms with van der Waals surface area (Å²) in [6.07, 6.45) is 0. The molecule has 1 heterocycles. The molecule has 0 aliphatic rings. The van der Waals surface area contributed by atoms with Crippen LogP contribution in [0.15, 0.2) is 23.0 Å². The van der Waals surface area contributed by atoms with E-state index in [1.165, 1.54) is 18.2 Å². The van der Waals surface area contributed by atoms with Crippen LogP contribution >= 0.6 is 0 Å². The molecule has 0 saturated carbocycles. The average Bonchev–Trinajstić information content (AvgIpc) is 2.37. The molecule has 1 aromatic heterocycles. The van der Waals surface area contributed by atoms with Gasteiger partial charge in [-0.15, -0.1) is 0 Å². The van der Waals surface area contributed by atoms with Gasteiger partial charge in [0.1, 0.15) is 23.6 Å². The lowest BCUT2D eigenvalue weighted by atomic mass is 10.1. The summed E-state index contributed by atoms with van der Waals surface area (Å²) in [6.45, 7) is -0.685. The molecular formula is C12H10N2O6. The van der Waals surface area contributed by atoms with E-state index in [4.69, 9.17) is 5.11 Å². The van der Waals surface area contributed by atoms with Gasteiger partial charge in [-0.2, -0.15) is 0 Å². The van der Waals surface area contributed by atoms with E-state index in [1.54, 1.807) is 0 Å². The number of aromatic nitrogens is 1. The first-order valence-electron chi connectivity index (χ1n) is 5.48. The molecule has 2 rings (SSSR count). The van der Waals surface area contributed by atoms with Crippen LogP contribution < -0.4 is 10.9 Å². The molecule has 0 bridgehead atoms. The highest BCUT2D eigenvalue weighted by molar-refractivity contribution is 6.03. The SMILES string of the molecule is O=C(O)CNC(=O)c1c(O)c2cc(O)ccc2[nH]c1=O. The van der Waals surface area contributed by atoms with Gasteiger partial charge in [-0.05, 0) is 18.2 Å². The minimum Gasteiger partial charge on any atom is -0.508 e. The maximum atomic E-state index is 11.7. The normalized spacial score (nSPS) is 10.4. The van der Waals surface area contributed by atoms with Crippen molar-refractivity contribution in [2.45, 2.75) is 0 Å². The van der Waals surface area contributed by atoms with Crippen molar-refractivity contribution in [1.29, 1.82) is 0 Å². The number of benzene rings is 1. The maximum Gasteiger partial charge on any atom is 0.322 e. The molecular weight excluding hydrogens is 268 g/mol. The Morgan fingerprint density at radius 2 is 1.95 bits per heavy atom. The molecule has 0 aliphatic carbocycles. The van der Waals surface area contributed by atoms with Crippen molar-refractivity contribution >= 4 is 22.8 Å². The summed E-state index contributed by atoms with van der Waals surface area (Å²) in [5.74, 6) is -3.08. The van der Waals surface area contributed by atoms with Crippen LogP contribution in [-0.2, 0) is 4.79 Å². The summed E-state index contributed by atoms with van der Waals surface area (Å²) in [7, 11) is 0. The lowest BCUT2D eigenvalue weighted by Gasteiger charge is -2.07. The lowest BCUT2D eigenvalue weighted by Crippen LogP contribution is -2.33. The topological polar surface area (TPSA) is 140 Å². The smallest absolute Gasteiger partial charge is 0.322 e. The van der Waals surface area contributed by atoms with Crippen LogP contribution in [-0.4, -0.2) is 38.7 Å². The number of pyridine rings is 1. The molecule has 8 nitrogen and oxygen atoms in total. The summed E-state index contributed by atoms with van der Waals surface area (Å²) >= 11 is 0. The van der Waals surface area contributed by atoms with Gasteiger partial charge in [-0.3, -0.25) is 14.4 Å². The number of carboxylic acid groups (broad SMARTS) is 1. The van der Waals surface area contributed by atoms with E-state index in [0.29, 0.717) is 0 Å². The number of phenols is 1. The molecule has 2 aromatic rings. The number of phenolic OH excluding ortho intramolecular Hbond substituents is 1. The van der Waals surface area contributed by atoms with Crippen LogP contribution in [0.2, 0.25) is 0 Å². The first kappa shape index (κ1) is 13.4. The molecule has 0 saturated heterocycles. The largest absolute Gasteiger partial charge is 0.508 e. The van der Waals surface area contributed by atoms with Crippen molar-refractivity contribution in [3.05, 3.63) is 34.1 Å². The molecule has 0 unspecified atom stereocenters. The predicted octanol–water partition coefficient (Wildman–Crippen LogP) is -0.246. The Hall–Kier alpha value is -3.03. The Morgan fingerprint density at radius 3 is 2.60 bits per heavy atom. The fourth-order valence-corrected chi connectivity index (χ4v) is 1.72. The van der Waals surface area contributed by atoms with E-state index in [-0.39, 0.29) is 16.7 Å². The van der Waals surface area contributed by atoms with Gasteiger partial charge < -0.3 is 25.6 Å². The summed E-state index contributed by atoms with van der Waals surface area (Å²) in [5.41, 5.74) is -1.23. The van der Waals surface area contributed by atoms with E-state index < -0.39 is 35.3 Å². The molecule has 0 aliphatic heterocycles. The maximum absolute atomic E-state index is 11.7. The zero-order valence-electron chi connectivity index (χ0n) is 10.0. The van der Waals surface area contributed by atoms with Gasteiger partial charge in [0.05, 0.1) is 5.52 Å². The van der Waals surface area contributed by atoms with Crippen LogP contribution in [0, 0.1) is 0 Å². The number of carboxylic acids is 1. The van der Waals surface area contributed by atoms with Gasteiger partial charge in [0.2, 0.25) is 0 Å². The quantitative estimate of drug-likeness (QED) is 0.524. The third kappa shape index (κ3) is 2.39. The van der Waals surface area contributed by atoms with Crippen molar-refractivity contribution in [1.82, 2.24) is 10.3 Å². The van der Waals surface area contributed by atoms with Crippen molar-refractivity contribution in [3.63, 3.8) is 0 Å². The van der Waals surface area contributed by atoms with Gasteiger partial charge in [0, 0.05) is 5.39 Å². The number of amides is 1. The second kappa shape index (κ2) is 4.92. The van der Waals surface area contributed by atoms with Crippen LogP contribution in [0.25, 0.3) is 10.9 Å². The minimum atomic E-state index is -1.28. The zero-order chi connectivity index (χ0) is 14.9. The molecule has 1 amide bonds. The lowest BCUT2D eigenvalue weighted by molar-refractivity contribution is -0.135. The van der Waals surface area contributed by atoms with E-state index in [9.17, 15) is 24.6 Å². The van der Waals surface area contributed by atoms with Crippen molar-refractivity contribution in [2.75, 3.05) is 6.54 Å². The fourth-order valence-electron chi connectivity index (χ4n) is 1.72. The Labute approximate surface area is 111 Å². The Balaban J connectivity index is 2.56. The summed E-state index contributed by atoms with van der Waals surface area (Å²) in [5, 5.41) is 29.8. The number of carbonyl (C=O) groups is 2. The number of hydrogen-bond donors (Lipinski definition) is 5. The standard InChI is InChI=1S/C12H10N2O6/c15-5-1-2-7-6(3-5)10(18)9(12(20)14-7)11(19)13-4-8(16)17/h1-3,15H,4H2,(H,13,19)(H,16,17)(H2,14,18,20). The monoisotopic (exact) mass is 278 g/mol. The first-order valence-corrected chi connectivity index (χ1v) is 5.48. The third-order valence-corrected chi connectivity index (χ3v) is 2.60. The average molecular weight is 278 g/mol. The molecule has 0 spiro atoms. The fraction of sp³-hybridized carbons (Fsp3) is 0.0833. The summed E-state index contributed by atoms with van der Waals surface area (Å²) in [4.78, 5) is 36.2.